The first kappa shape index (κ1) is 22.2. The molecule has 6 heteroatoms. The summed E-state index contributed by atoms with van der Waals surface area (Å²) in [5.41, 5.74) is 1.98. The van der Waals surface area contributed by atoms with Crippen molar-refractivity contribution in [3.05, 3.63) is 94.0 Å². The van der Waals surface area contributed by atoms with Gasteiger partial charge >= 0.3 is 12.4 Å². The Bertz CT molecular complexity index is 1150. The van der Waals surface area contributed by atoms with Crippen molar-refractivity contribution in [2.75, 3.05) is 0 Å². The van der Waals surface area contributed by atoms with Crippen LogP contribution in [0, 0.1) is 0 Å². The molecule has 3 aromatic carbocycles. The molecule has 0 saturated carbocycles. The van der Waals surface area contributed by atoms with E-state index in [0.717, 1.165) is 28.8 Å². The third kappa shape index (κ3) is 4.18. The summed E-state index contributed by atoms with van der Waals surface area (Å²) in [7, 11) is 0. The standard InChI is InChI=1S/C26H20F6/c1-15(2)22-9-8-17-10-18(16-6-4-3-5-7-16)13-23(17)24(22)19-11-20(25(27,28)29)14-21(12-19)26(30,31)32/h3-9,11-15H,10H2,1-2H3. The van der Waals surface area contributed by atoms with E-state index >= 15 is 0 Å². The molecule has 3 aromatic rings. The van der Waals surface area contributed by atoms with Crippen LogP contribution >= 0.6 is 0 Å². The molecule has 32 heavy (non-hydrogen) atoms. The number of benzene rings is 3. The Balaban J connectivity index is 1.99. The molecular weight excluding hydrogens is 426 g/mol. The summed E-state index contributed by atoms with van der Waals surface area (Å²) in [6.07, 6.45) is -7.33. The third-order valence-electron chi connectivity index (χ3n) is 5.71. The van der Waals surface area contributed by atoms with Crippen LogP contribution in [-0.4, -0.2) is 0 Å². The molecule has 0 unspecified atom stereocenters. The van der Waals surface area contributed by atoms with Crippen molar-refractivity contribution >= 4 is 11.6 Å². The van der Waals surface area contributed by atoms with E-state index in [1.807, 2.05) is 62.4 Å². The molecule has 0 radical (unpaired) electrons. The lowest BCUT2D eigenvalue weighted by Crippen LogP contribution is -2.11. The molecule has 166 valence electrons. The molecule has 0 amide bonds. The maximum absolute atomic E-state index is 13.5. The molecule has 4 rings (SSSR count). The Labute approximate surface area is 182 Å². The molecule has 0 aromatic heterocycles. The summed E-state index contributed by atoms with van der Waals surface area (Å²) < 4.78 is 80.9. The number of allylic oxidation sites excluding steroid dienone is 1. The zero-order chi connectivity index (χ0) is 23.3. The van der Waals surface area contributed by atoms with Gasteiger partial charge in [-0.15, -0.1) is 0 Å². The Hall–Kier alpha value is -3.02. The van der Waals surface area contributed by atoms with Crippen molar-refractivity contribution in [3.63, 3.8) is 0 Å². The average Bonchev–Trinajstić information content (AvgIpc) is 3.16. The first-order valence-corrected chi connectivity index (χ1v) is 10.2. The Morgan fingerprint density at radius 3 is 1.84 bits per heavy atom. The maximum Gasteiger partial charge on any atom is 0.416 e. The van der Waals surface area contributed by atoms with Gasteiger partial charge < -0.3 is 0 Å². The number of fused-ring (bicyclic) bond motifs is 1. The molecule has 0 N–H and O–H groups in total. The summed E-state index contributed by atoms with van der Waals surface area (Å²) in [5.74, 6) is -0.0895. The fourth-order valence-corrected chi connectivity index (χ4v) is 4.17. The molecule has 0 fully saturated rings. The lowest BCUT2D eigenvalue weighted by atomic mass is 9.86. The highest BCUT2D eigenvalue weighted by molar-refractivity contribution is 5.95. The average molecular weight is 446 g/mol. The molecule has 0 nitrogen and oxygen atoms in total. The largest absolute Gasteiger partial charge is 0.416 e. The van der Waals surface area contributed by atoms with Gasteiger partial charge in [0.25, 0.3) is 0 Å². The predicted molar refractivity (Wildman–Crippen MR) is 114 cm³/mol. The minimum atomic E-state index is -4.89. The van der Waals surface area contributed by atoms with E-state index in [1.165, 1.54) is 0 Å². The molecule has 0 saturated heterocycles. The van der Waals surface area contributed by atoms with Crippen molar-refractivity contribution in [3.8, 4) is 11.1 Å². The second kappa shape index (κ2) is 7.84. The van der Waals surface area contributed by atoms with Crippen molar-refractivity contribution in [1.82, 2.24) is 0 Å². The first-order valence-electron chi connectivity index (χ1n) is 10.2. The molecule has 0 bridgehead atoms. The predicted octanol–water partition coefficient (Wildman–Crippen LogP) is 8.61. The summed E-state index contributed by atoms with van der Waals surface area (Å²) in [6, 6.07) is 15.1. The molecule has 1 aliphatic carbocycles. The minimum absolute atomic E-state index is 0.0711. The minimum Gasteiger partial charge on any atom is -0.166 e. The van der Waals surface area contributed by atoms with Crippen molar-refractivity contribution < 1.29 is 26.3 Å². The number of rotatable bonds is 3. The van der Waals surface area contributed by atoms with E-state index in [-0.39, 0.29) is 17.5 Å². The van der Waals surface area contributed by atoms with Gasteiger partial charge in [-0.3, -0.25) is 0 Å². The Kier molecular flexibility index (Phi) is 5.43. The van der Waals surface area contributed by atoms with E-state index < -0.39 is 23.5 Å². The molecule has 0 heterocycles. The second-order valence-corrected chi connectivity index (χ2v) is 8.26. The van der Waals surface area contributed by atoms with Gasteiger partial charge in [0.05, 0.1) is 11.1 Å². The van der Waals surface area contributed by atoms with E-state index in [2.05, 4.69) is 0 Å². The van der Waals surface area contributed by atoms with Crippen LogP contribution in [0.2, 0.25) is 0 Å². The smallest absolute Gasteiger partial charge is 0.166 e. The van der Waals surface area contributed by atoms with Crippen LogP contribution in [-0.2, 0) is 18.8 Å². The van der Waals surface area contributed by atoms with Crippen molar-refractivity contribution in [2.45, 2.75) is 38.5 Å². The van der Waals surface area contributed by atoms with Gasteiger partial charge in [0.1, 0.15) is 0 Å². The quantitative estimate of drug-likeness (QED) is 0.353. The highest BCUT2D eigenvalue weighted by atomic mass is 19.4. The van der Waals surface area contributed by atoms with E-state index in [0.29, 0.717) is 23.1 Å². The van der Waals surface area contributed by atoms with Gasteiger partial charge in [-0.05, 0) is 75.6 Å². The number of halogens is 6. The lowest BCUT2D eigenvalue weighted by molar-refractivity contribution is -0.143. The summed E-state index contributed by atoms with van der Waals surface area (Å²) in [5, 5.41) is 0. The number of alkyl halides is 6. The van der Waals surface area contributed by atoms with E-state index in [4.69, 9.17) is 0 Å². The topological polar surface area (TPSA) is 0 Å². The number of hydrogen-bond donors (Lipinski definition) is 0. The van der Waals surface area contributed by atoms with Crippen molar-refractivity contribution in [2.24, 2.45) is 0 Å². The van der Waals surface area contributed by atoms with Gasteiger partial charge in [0, 0.05) is 0 Å². The zero-order valence-electron chi connectivity index (χ0n) is 17.4. The molecule has 0 spiro atoms. The van der Waals surface area contributed by atoms with Crippen LogP contribution in [0.15, 0.2) is 60.7 Å². The molecule has 1 aliphatic rings. The summed E-state index contributed by atoms with van der Waals surface area (Å²) in [4.78, 5) is 0. The number of hydrogen-bond acceptors (Lipinski definition) is 0. The van der Waals surface area contributed by atoms with E-state index in [9.17, 15) is 26.3 Å². The van der Waals surface area contributed by atoms with Gasteiger partial charge in [-0.2, -0.15) is 26.3 Å². The fraction of sp³-hybridized carbons (Fsp3) is 0.231. The SMILES string of the molecule is CC(C)c1ccc2c(c1-c1cc(C(F)(F)F)cc(C(F)(F)F)c1)C=C(c1ccccc1)C2. The highest BCUT2D eigenvalue weighted by Crippen LogP contribution is 2.45. The van der Waals surface area contributed by atoms with E-state index in [1.54, 1.807) is 0 Å². The second-order valence-electron chi connectivity index (χ2n) is 8.26. The fourth-order valence-electron chi connectivity index (χ4n) is 4.17. The summed E-state index contributed by atoms with van der Waals surface area (Å²) in [6.45, 7) is 3.75. The Morgan fingerprint density at radius 2 is 1.31 bits per heavy atom. The molecule has 0 atom stereocenters. The van der Waals surface area contributed by atoms with Crippen LogP contribution < -0.4 is 0 Å². The van der Waals surface area contributed by atoms with Crippen LogP contribution in [0.25, 0.3) is 22.8 Å². The first-order chi connectivity index (χ1) is 14.9. The normalized spacial score (nSPS) is 14.0. The summed E-state index contributed by atoms with van der Waals surface area (Å²) >= 11 is 0. The van der Waals surface area contributed by atoms with Gasteiger partial charge in [-0.1, -0.05) is 56.3 Å². The van der Waals surface area contributed by atoms with Gasteiger partial charge in [0.15, 0.2) is 0 Å². The zero-order valence-corrected chi connectivity index (χ0v) is 17.4. The molecular formula is C26H20F6. The Morgan fingerprint density at radius 1 is 0.719 bits per heavy atom. The monoisotopic (exact) mass is 446 g/mol. The molecule has 0 aliphatic heterocycles. The van der Waals surface area contributed by atoms with Crippen LogP contribution in [0.4, 0.5) is 26.3 Å². The van der Waals surface area contributed by atoms with Crippen LogP contribution in [0.5, 0.6) is 0 Å². The van der Waals surface area contributed by atoms with Crippen LogP contribution in [0.3, 0.4) is 0 Å². The van der Waals surface area contributed by atoms with Gasteiger partial charge in [0.2, 0.25) is 0 Å². The highest BCUT2D eigenvalue weighted by Gasteiger charge is 2.37. The third-order valence-corrected chi connectivity index (χ3v) is 5.71. The maximum atomic E-state index is 13.5. The lowest BCUT2D eigenvalue weighted by Gasteiger charge is -2.20. The van der Waals surface area contributed by atoms with Crippen molar-refractivity contribution in [1.29, 1.82) is 0 Å². The van der Waals surface area contributed by atoms with Crippen LogP contribution in [0.1, 0.15) is 53.1 Å². The van der Waals surface area contributed by atoms with Gasteiger partial charge in [-0.25, -0.2) is 0 Å².